The molecule has 2 aromatic rings. The number of benzene rings is 2. The van der Waals surface area contributed by atoms with E-state index in [-0.39, 0.29) is 4.90 Å². The molecule has 3 nitrogen and oxygen atoms in total. The van der Waals surface area contributed by atoms with Gasteiger partial charge in [-0.15, -0.1) is 0 Å². The fourth-order valence-electron chi connectivity index (χ4n) is 1.89. The molecule has 0 fully saturated rings. The van der Waals surface area contributed by atoms with Gasteiger partial charge in [-0.25, -0.2) is 0 Å². The van der Waals surface area contributed by atoms with Gasteiger partial charge < -0.3 is 0 Å². The maximum atomic E-state index is 11.5. The second kappa shape index (κ2) is 4.76. The molecule has 0 spiro atoms. The van der Waals surface area contributed by atoms with E-state index >= 15 is 0 Å². The summed E-state index contributed by atoms with van der Waals surface area (Å²) in [5.41, 5.74) is 0.628. The number of rotatable bonds is 3. The summed E-state index contributed by atoms with van der Waals surface area (Å²) in [5.74, 6) is 0. The number of aryl methyl sites for hydroxylation is 1. The van der Waals surface area contributed by atoms with Gasteiger partial charge in [0.25, 0.3) is 10.1 Å². The van der Waals surface area contributed by atoms with Gasteiger partial charge in [0.15, 0.2) is 0 Å². The number of alkyl halides is 1. The van der Waals surface area contributed by atoms with Crippen molar-refractivity contribution in [3.8, 4) is 0 Å². The molecule has 5 heteroatoms. The smallest absolute Gasteiger partial charge is 0.282 e. The first-order chi connectivity index (χ1) is 8.04. The van der Waals surface area contributed by atoms with E-state index in [1.54, 1.807) is 18.2 Å². The molecule has 1 N–H and O–H groups in total. The molecule has 0 radical (unpaired) electrons. The van der Waals surface area contributed by atoms with Crippen LogP contribution in [0.2, 0.25) is 0 Å². The molecule has 0 unspecified atom stereocenters. The second-order valence-electron chi connectivity index (χ2n) is 3.69. The second-order valence-corrected chi connectivity index (χ2v) is 5.84. The van der Waals surface area contributed by atoms with Crippen LogP contribution in [0.25, 0.3) is 10.8 Å². The van der Waals surface area contributed by atoms with Crippen LogP contribution in [0.3, 0.4) is 0 Å². The summed E-state index contributed by atoms with van der Waals surface area (Å²) in [6.45, 7) is 0. The lowest BCUT2D eigenvalue weighted by molar-refractivity contribution is 0.483. The first-order valence-electron chi connectivity index (χ1n) is 5.08. The Balaban J connectivity index is 2.85. The maximum Gasteiger partial charge on any atom is 0.295 e. The third kappa shape index (κ3) is 2.51. The third-order valence-electron chi connectivity index (χ3n) is 2.58. The van der Waals surface area contributed by atoms with E-state index in [1.807, 2.05) is 18.2 Å². The average molecular weight is 315 g/mol. The topological polar surface area (TPSA) is 54.4 Å². The average Bonchev–Trinajstić information content (AvgIpc) is 2.27. The van der Waals surface area contributed by atoms with Crippen LogP contribution in [-0.4, -0.2) is 18.3 Å². The quantitative estimate of drug-likeness (QED) is 0.700. The van der Waals surface area contributed by atoms with Crippen LogP contribution < -0.4 is 0 Å². The van der Waals surface area contributed by atoms with Crippen molar-refractivity contribution in [2.24, 2.45) is 0 Å². The summed E-state index contributed by atoms with van der Waals surface area (Å²) in [5, 5.41) is 2.01. The van der Waals surface area contributed by atoms with Gasteiger partial charge in [0.1, 0.15) is 4.90 Å². The standard InChI is InChI=1S/C12H11BrO3S/c13-8-7-10-6-5-9-3-1-2-4-11(9)12(10)17(14,15)16/h1-6H,7-8H2,(H,14,15,16). The molecule has 0 saturated carbocycles. The predicted octanol–water partition coefficient (Wildman–Crippen LogP) is 3.02. The summed E-state index contributed by atoms with van der Waals surface area (Å²) in [6.07, 6.45) is 0.556. The Bertz CT molecular complexity index is 650. The number of hydrogen-bond donors (Lipinski definition) is 1. The molecule has 0 saturated heterocycles. The molecular formula is C12H11BrO3S. The van der Waals surface area contributed by atoms with Crippen LogP contribution in [0.15, 0.2) is 41.3 Å². The molecule has 0 aliphatic carbocycles. The highest BCUT2D eigenvalue weighted by molar-refractivity contribution is 9.09. The van der Waals surface area contributed by atoms with E-state index in [0.29, 0.717) is 22.7 Å². The Kier molecular flexibility index (Phi) is 3.51. The van der Waals surface area contributed by atoms with Crippen molar-refractivity contribution < 1.29 is 13.0 Å². The molecule has 2 rings (SSSR count). The molecule has 17 heavy (non-hydrogen) atoms. The monoisotopic (exact) mass is 314 g/mol. The zero-order chi connectivity index (χ0) is 12.5. The van der Waals surface area contributed by atoms with Gasteiger partial charge in [0.05, 0.1) is 0 Å². The fourth-order valence-corrected chi connectivity index (χ4v) is 3.28. The minimum atomic E-state index is -4.20. The molecule has 90 valence electrons. The molecular weight excluding hydrogens is 304 g/mol. The van der Waals surface area contributed by atoms with E-state index in [2.05, 4.69) is 15.9 Å². The van der Waals surface area contributed by atoms with E-state index in [4.69, 9.17) is 0 Å². The molecule has 0 atom stereocenters. The summed E-state index contributed by atoms with van der Waals surface area (Å²) in [4.78, 5) is 0.0232. The Morgan fingerprint density at radius 2 is 1.82 bits per heavy atom. The van der Waals surface area contributed by atoms with Gasteiger partial charge in [0, 0.05) is 10.7 Å². The minimum absolute atomic E-state index is 0.0232. The van der Waals surface area contributed by atoms with Gasteiger partial charge in [-0.2, -0.15) is 8.42 Å². The maximum absolute atomic E-state index is 11.5. The lowest BCUT2D eigenvalue weighted by atomic mass is 10.1. The van der Waals surface area contributed by atoms with Crippen LogP contribution in [0.1, 0.15) is 5.56 Å². The minimum Gasteiger partial charge on any atom is -0.282 e. The van der Waals surface area contributed by atoms with Crippen molar-refractivity contribution in [1.82, 2.24) is 0 Å². The van der Waals surface area contributed by atoms with Gasteiger partial charge in [-0.1, -0.05) is 52.3 Å². The highest BCUT2D eigenvalue weighted by Crippen LogP contribution is 2.27. The molecule has 0 heterocycles. The van der Waals surface area contributed by atoms with E-state index in [1.165, 1.54) is 0 Å². The first kappa shape index (κ1) is 12.5. The fraction of sp³-hybridized carbons (Fsp3) is 0.167. The molecule has 0 bridgehead atoms. The summed E-state index contributed by atoms with van der Waals surface area (Å²) in [6, 6.07) is 10.7. The third-order valence-corrected chi connectivity index (χ3v) is 3.98. The summed E-state index contributed by atoms with van der Waals surface area (Å²) in [7, 11) is -4.20. The highest BCUT2D eigenvalue weighted by Gasteiger charge is 2.18. The SMILES string of the molecule is O=S(=O)(O)c1c(CCBr)ccc2ccccc12. The summed E-state index contributed by atoms with van der Waals surface area (Å²) >= 11 is 3.27. The van der Waals surface area contributed by atoms with Crippen LogP contribution in [0.5, 0.6) is 0 Å². The van der Waals surface area contributed by atoms with Crippen LogP contribution >= 0.6 is 15.9 Å². The molecule has 2 aromatic carbocycles. The molecule has 0 aromatic heterocycles. The molecule has 0 aliphatic heterocycles. The van der Waals surface area contributed by atoms with E-state index in [9.17, 15) is 13.0 Å². The lowest BCUT2D eigenvalue weighted by Crippen LogP contribution is -2.04. The lowest BCUT2D eigenvalue weighted by Gasteiger charge is -2.09. The summed E-state index contributed by atoms with van der Waals surface area (Å²) < 4.78 is 32.3. The first-order valence-corrected chi connectivity index (χ1v) is 7.64. The Labute approximate surface area is 108 Å². The van der Waals surface area contributed by atoms with Crippen molar-refractivity contribution in [1.29, 1.82) is 0 Å². The Morgan fingerprint density at radius 3 is 2.47 bits per heavy atom. The van der Waals surface area contributed by atoms with Crippen molar-refractivity contribution in [2.75, 3.05) is 5.33 Å². The van der Waals surface area contributed by atoms with Crippen molar-refractivity contribution >= 4 is 36.8 Å². The van der Waals surface area contributed by atoms with Crippen LogP contribution in [-0.2, 0) is 16.5 Å². The van der Waals surface area contributed by atoms with Crippen molar-refractivity contribution in [3.63, 3.8) is 0 Å². The number of hydrogen-bond acceptors (Lipinski definition) is 2. The van der Waals surface area contributed by atoms with Gasteiger partial charge in [0.2, 0.25) is 0 Å². The zero-order valence-electron chi connectivity index (χ0n) is 8.93. The van der Waals surface area contributed by atoms with Crippen molar-refractivity contribution in [3.05, 3.63) is 42.0 Å². The number of fused-ring (bicyclic) bond motifs is 1. The van der Waals surface area contributed by atoms with Gasteiger partial charge in [-0.05, 0) is 17.4 Å². The Morgan fingerprint density at radius 1 is 1.12 bits per heavy atom. The van der Waals surface area contributed by atoms with E-state index < -0.39 is 10.1 Å². The normalized spacial score (nSPS) is 11.9. The number of halogens is 1. The molecule has 0 amide bonds. The Hall–Kier alpha value is -0.910. The largest absolute Gasteiger partial charge is 0.295 e. The van der Waals surface area contributed by atoms with Crippen molar-refractivity contribution in [2.45, 2.75) is 11.3 Å². The molecule has 0 aliphatic rings. The highest BCUT2D eigenvalue weighted by atomic mass is 79.9. The zero-order valence-corrected chi connectivity index (χ0v) is 11.3. The van der Waals surface area contributed by atoms with Crippen LogP contribution in [0.4, 0.5) is 0 Å². The van der Waals surface area contributed by atoms with Gasteiger partial charge in [-0.3, -0.25) is 4.55 Å². The predicted molar refractivity (Wildman–Crippen MR) is 71.3 cm³/mol. The van der Waals surface area contributed by atoms with Gasteiger partial charge >= 0.3 is 0 Å². The van der Waals surface area contributed by atoms with E-state index in [0.717, 1.165) is 5.39 Å². The van der Waals surface area contributed by atoms with Crippen LogP contribution in [0, 0.1) is 0 Å².